The molecule has 4 heteroatoms. The van der Waals surface area contributed by atoms with Crippen LogP contribution in [0.3, 0.4) is 0 Å². The Morgan fingerprint density at radius 1 is 1.11 bits per heavy atom. The molecule has 1 aromatic rings. The van der Waals surface area contributed by atoms with E-state index in [0.717, 1.165) is 29.1 Å². The molecule has 0 amide bonds. The number of allylic oxidation sites excluding steroid dienone is 2. The second kappa shape index (κ2) is 4.92. The van der Waals surface area contributed by atoms with Gasteiger partial charge in [-0.05, 0) is 48.3 Å². The third-order valence-corrected chi connectivity index (χ3v) is 5.85. The van der Waals surface area contributed by atoms with Crippen LogP contribution in [0.25, 0.3) is 0 Å². The maximum atomic E-state index is 11.9. The largest absolute Gasteiger partial charge is 0.295 e. The molecule has 3 rings (SSSR count). The lowest BCUT2D eigenvalue weighted by Gasteiger charge is -2.20. The van der Waals surface area contributed by atoms with Crippen molar-refractivity contribution >= 4 is 40.7 Å². The van der Waals surface area contributed by atoms with Crippen LogP contribution in [-0.4, -0.2) is 5.78 Å². The van der Waals surface area contributed by atoms with Crippen molar-refractivity contribution in [1.82, 2.24) is 0 Å². The van der Waals surface area contributed by atoms with Crippen LogP contribution in [0.4, 0.5) is 0 Å². The van der Waals surface area contributed by atoms with Gasteiger partial charge in [-0.25, -0.2) is 0 Å². The van der Waals surface area contributed by atoms with Gasteiger partial charge >= 0.3 is 0 Å². The number of carbonyl (C=O) groups is 1. The molecule has 0 spiro atoms. The summed E-state index contributed by atoms with van der Waals surface area (Å²) in [6.07, 6.45) is 4.94. The number of hydrogen-bond donors (Lipinski definition) is 0. The second-order valence-electron chi connectivity index (χ2n) is 4.81. The van der Waals surface area contributed by atoms with Gasteiger partial charge in [-0.15, -0.1) is 0 Å². The number of benzene rings is 1. The molecule has 2 atom stereocenters. The average molecular weight is 299 g/mol. The molecule has 1 fully saturated rings. The van der Waals surface area contributed by atoms with Gasteiger partial charge in [0.2, 0.25) is 0 Å². The highest BCUT2D eigenvalue weighted by Gasteiger charge is 2.36. The first-order valence-corrected chi connectivity index (χ1v) is 7.59. The molecule has 2 aliphatic carbocycles. The summed E-state index contributed by atoms with van der Waals surface area (Å²) in [5.74, 6) is 1.06. The van der Waals surface area contributed by atoms with Crippen LogP contribution >= 0.6 is 35.0 Å². The molecule has 0 N–H and O–H groups in total. The van der Waals surface area contributed by atoms with Crippen molar-refractivity contribution in [2.45, 2.75) is 24.2 Å². The van der Waals surface area contributed by atoms with E-state index < -0.39 is 0 Å². The first kappa shape index (κ1) is 12.6. The van der Waals surface area contributed by atoms with Crippen molar-refractivity contribution in [2.24, 2.45) is 11.8 Å². The maximum Gasteiger partial charge on any atom is 0.159 e. The molecule has 0 aliphatic heterocycles. The molecule has 2 bridgehead atoms. The van der Waals surface area contributed by atoms with Crippen molar-refractivity contribution in [2.75, 3.05) is 0 Å². The molecular formula is C14H12Cl2OS. The molecule has 0 saturated heterocycles. The Kier molecular flexibility index (Phi) is 3.44. The van der Waals surface area contributed by atoms with E-state index in [1.807, 2.05) is 18.2 Å². The molecule has 0 radical (unpaired) electrons. The van der Waals surface area contributed by atoms with Gasteiger partial charge < -0.3 is 0 Å². The number of fused-ring (bicyclic) bond motifs is 2. The number of carbonyl (C=O) groups excluding carboxylic acids is 1. The Labute approximate surface area is 121 Å². The third kappa shape index (κ3) is 2.22. The number of ketones is 1. The van der Waals surface area contributed by atoms with Gasteiger partial charge in [-0.3, -0.25) is 4.79 Å². The van der Waals surface area contributed by atoms with Gasteiger partial charge in [0, 0.05) is 10.8 Å². The summed E-state index contributed by atoms with van der Waals surface area (Å²) in [4.78, 5) is 13.9. The number of rotatable bonds is 2. The molecule has 2 aliphatic rings. The predicted octanol–water partition coefficient (Wildman–Crippen LogP) is 4.97. The van der Waals surface area contributed by atoms with Gasteiger partial charge in [-0.2, -0.15) is 0 Å². The minimum Gasteiger partial charge on any atom is -0.295 e. The van der Waals surface area contributed by atoms with E-state index in [1.54, 1.807) is 17.8 Å². The fraction of sp³-hybridized carbons (Fsp3) is 0.357. The fourth-order valence-electron chi connectivity index (χ4n) is 2.68. The number of hydrogen-bond acceptors (Lipinski definition) is 2. The Balaban J connectivity index is 1.91. The highest BCUT2D eigenvalue weighted by molar-refractivity contribution is 8.03. The average Bonchev–Trinajstić information content (AvgIpc) is 2.76. The summed E-state index contributed by atoms with van der Waals surface area (Å²) in [6, 6.07) is 5.50. The van der Waals surface area contributed by atoms with Gasteiger partial charge in [0.15, 0.2) is 5.78 Å². The van der Waals surface area contributed by atoms with Crippen molar-refractivity contribution < 1.29 is 4.79 Å². The van der Waals surface area contributed by atoms with Crippen molar-refractivity contribution in [3.63, 3.8) is 0 Å². The molecule has 1 nitrogen and oxygen atoms in total. The summed E-state index contributed by atoms with van der Waals surface area (Å²) in [5, 5.41) is 1.31. The molecule has 2 unspecified atom stereocenters. The second-order valence-corrected chi connectivity index (χ2v) is 6.71. The zero-order valence-electron chi connectivity index (χ0n) is 9.66. The molecule has 1 aromatic carbocycles. The van der Waals surface area contributed by atoms with E-state index in [0.29, 0.717) is 16.0 Å². The number of halogens is 2. The third-order valence-electron chi connectivity index (χ3n) is 3.66. The van der Waals surface area contributed by atoms with Gasteiger partial charge in [-0.1, -0.05) is 41.0 Å². The predicted molar refractivity (Wildman–Crippen MR) is 76.2 cm³/mol. The lowest BCUT2D eigenvalue weighted by atomic mass is 9.94. The van der Waals surface area contributed by atoms with Crippen molar-refractivity contribution in [3.05, 3.63) is 39.2 Å². The van der Waals surface area contributed by atoms with Crippen molar-refractivity contribution in [1.29, 1.82) is 0 Å². The lowest BCUT2D eigenvalue weighted by Crippen LogP contribution is -2.14. The smallest absolute Gasteiger partial charge is 0.159 e. The van der Waals surface area contributed by atoms with E-state index in [4.69, 9.17) is 23.2 Å². The number of thioether (sulfide) groups is 1. The van der Waals surface area contributed by atoms with E-state index in [1.165, 1.54) is 0 Å². The fourth-order valence-corrected chi connectivity index (χ4v) is 4.44. The van der Waals surface area contributed by atoms with Crippen LogP contribution in [0.15, 0.2) is 34.1 Å². The molecular weight excluding hydrogens is 287 g/mol. The van der Waals surface area contributed by atoms with E-state index in [9.17, 15) is 4.79 Å². The summed E-state index contributed by atoms with van der Waals surface area (Å²) in [5.41, 5.74) is 0. The first-order valence-electron chi connectivity index (χ1n) is 6.02. The monoisotopic (exact) mass is 298 g/mol. The molecule has 1 saturated carbocycles. The molecule has 0 aromatic heterocycles. The van der Waals surface area contributed by atoms with Crippen LogP contribution in [0.5, 0.6) is 0 Å². The molecule has 0 heterocycles. The normalized spacial score (nSPS) is 26.3. The highest BCUT2D eigenvalue weighted by Crippen LogP contribution is 2.49. The Hall–Kier alpha value is -0.440. The highest BCUT2D eigenvalue weighted by atomic mass is 35.5. The Bertz CT molecular complexity index is 518. The molecule has 18 heavy (non-hydrogen) atoms. The van der Waals surface area contributed by atoms with Crippen LogP contribution in [0.2, 0.25) is 10.0 Å². The zero-order valence-corrected chi connectivity index (χ0v) is 12.0. The van der Waals surface area contributed by atoms with Crippen molar-refractivity contribution in [3.8, 4) is 0 Å². The van der Waals surface area contributed by atoms with Gasteiger partial charge in [0.1, 0.15) is 0 Å². The quantitative estimate of drug-likeness (QED) is 0.767. The minimum absolute atomic E-state index is 0.265. The SMILES string of the molecule is O=C1C=C(Sc2c(Cl)cccc2Cl)C2CCC1C2. The summed E-state index contributed by atoms with van der Waals surface area (Å²) in [6.45, 7) is 0. The van der Waals surface area contributed by atoms with Crippen LogP contribution in [-0.2, 0) is 4.79 Å². The minimum atomic E-state index is 0.265. The summed E-state index contributed by atoms with van der Waals surface area (Å²) >= 11 is 13.9. The van der Waals surface area contributed by atoms with Crippen LogP contribution in [0, 0.1) is 11.8 Å². The van der Waals surface area contributed by atoms with Crippen LogP contribution < -0.4 is 0 Å². The standard InChI is InChI=1S/C14H12Cl2OS/c15-10-2-1-3-11(16)14(10)18-13-7-12(17)8-4-5-9(13)6-8/h1-3,7-9H,4-6H2. The van der Waals surface area contributed by atoms with Crippen LogP contribution in [0.1, 0.15) is 19.3 Å². The Morgan fingerprint density at radius 3 is 2.50 bits per heavy atom. The summed E-state index contributed by atoms with van der Waals surface area (Å²) < 4.78 is 0. The first-order chi connectivity index (χ1) is 8.65. The zero-order chi connectivity index (χ0) is 12.7. The van der Waals surface area contributed by atoms with Gasteiger partial charge in [0.05, 0.1) is 10.0 Å². The Morgan fingerprint density at radius 2 is 1.78 bits per heavy atom. The van der Waals surface area contributed by atoms with E-state index >= 15 is 0 Å². The van der Waals surface area contributed by atoms with E-state index in [2.05, 4.69) is 0 Å². The van der Waals surface area contributed by atoms with Gasteiger partial charge in [0.25, 0.3) is 0 Å². The summed E-state index contributed by atoms with van der Waals surface area (Å²) in [7, 11) is 0. The van der Waals surface area contributed by atoms with E-state index in [-0.39, 0.29) is 11.7 Å². The maximum absolute atomic E-state index is 11.9. The topological polar surface area (TPSA) is 17.1 Å². The molecule has 94 valence electrons. The lowest BCUT2D eigenvalue weighted by molar-refractivity contribution is -0.118.